The number of nitrogens with zero attached hydrogens (tertiary/aromatic N) is 4. The zero-order chi connectivity index (χ0) is 19.1. The second-order valence-corrected chi connectivity index (χ2v) is 10.1. The number of nitrogen functional groups attached to an aromatic ring is 1. The number of hydrogen-bond donors (Lipinski definition) is 1. The van der Waals surface area contributed by atoms with Gasteiger partial charge in [0.25, 0.3) is 0 Å². The van der Waals surface area contributed by atoms with Crippen molar-refractivity contribution >= 4 is 5.82 Å². The van der Waals surface area contributed by atoms with Gasteiger partial charge in [-0.1, -0.05) is 0 Å². The molecule has 0 radical (unpaired) electrons. The van der Waals surface area contributed by atoms with Crippen LogP contribution in [0.1, 0.15) is 48.8 Å². The van der Waals surface area contributed by atoms with Gasteiger partial charge in [0.1, 0.15) is 5.82 Å². The van der Waals surface area contributed by atoms with Gasteiger partial charge in [-0.3, -0.25) is 9.58 Å². The van der Waals surface area contributed by atoms with E-state index >= 15 is 0 Å². The van der Waals surface area contributed by atoms with Crippen molar-refractivity contribution in [1.82, 2.24) is 19.7 Å². The molecular formula is C23H29N5O. The molecule has 0 aromatic carbocycles. The summed E-state index contributed by atoms with van der Waals surface area (Å²) in [6, 6.07) is 5.29. The molecule has 5 fully saturated rings. The minimum atomic E-state index is 0.611. The van der Waals surface area contributed by atoms with Crippen molar-refractivity contribution in [3.63, 3.8) is 0 Å². The van der Waals surface area contributed by atoms with Crippen molar-refractivity contribution in [2.75, 3.05) is 32.0 Å². The number of hydrogen-bond acceptors (Lipinski definition) is 5. The van der Waals surface area contributed by atoms with E-state index in [0.717, 1.165) is 48.8 Å². The lowest BCUT2D eigenvalue weighted by atomic mass is 10.1. The van der Waals surface area contributed by atoms with Gasteiger partial charge in [0.15, 0.2) is 0 Å². The summed E-state index contributed by atoms with van der Waals surface area (Å²) < 4.78 is 7.75. The van der Waals surface area contributed by atoms with Gasteiger partial charge in [-0.2, -0.15) is 5.10 Å². The number of nitrogens with two attached hydrogens (primary N) is 1. The molecule has 29 heavy (non-hydrogen) atoms. The third-order valence-corrected chi connectivity index (χ3v) is 7.90. The van der Waals surface area contributed by atoms with Gasteiger partial charge in [-0.05, 0) is 67.1 Å². The van der Waals surface area contributed by atoms with Crippen molar-refractivity contribution in [2.24, 2.45) is 17.8 Å². The quantitative estimate of drug-likeness (QED) is 0.820. The average molecular weight is 392 g/mol. The molecule has 0 amide bonds. The number of ether oxygens (including phenoxy) is 1. The fourth-order valence-corrected chi connectivity index (χ4v) is 5.62. The SMILES string of the molecule is Nc1ncc(-c2cc([C@H]3[C@@H]4CN(C5COC5)C[C@@H]43)n(CC3CC3)n2)cc1C1CC1. The molecule has 0 bridgehead atoms. The Kier molecular flexibility index (Phi) is 3.51. The zero-order valence-electron chi connectivity index (χ0n) is 16.8. The number of fused-ring (bicyclic) bond motifs is 1. The van der Waals surface area contributed by atoms with Crippen LogP contribution in [0.3, 0.4) is 0 Å². The van der Waals surface area contributed by atoms with E-state index in [1.165, 1.54) is 50.0 Å². The smallest absolute Gasteiger partial charge is 0.126 e. The lowest BCUT2D eigenvalue weighted by molar-refractivity contribution is -0.0610. The summed E-state index contributed by atoms with van der Waals surface area (Å²) >= 11 is 0. The van der Waals surface area contributed by atoms with Gasteiger partial charge in [-0.25, -0.2) is 4.98 Å². The van der Waals surface area contributed by atoms with E-state index in [1.54, 1.807) is 0 Å². The Morgan fingerprint density at radius 3 is 2.52 bits per heavy atom. The van der Waals surface area contributed by atoms with Crippen LogP contribution in [-0.2, 0) is 11.3 Å². The van der Waals surface area contributed by atoms with Crippen molar-refractivity contribution in [1.29, 1.82) is 0 Å². The normalized spacial score (nSPS) is 31.7. The summed E-state index contributed by atoms with van der Waals surface area (Å²) in [5.74, 6) is 4.45. The minimum absolute atomic E-state index is 0.611. The van der Waals surface area contributed by atoms with E-state index in [9.17, 15) is 0 Å². The summed E-state index contributed by atoms with van der Waals surface area (Å²) in [5.41, 5.74) is 11.1. The predicted molar refractivity (Wildman–Crippen MR) is 110 cm³/mol. The average Bonchev–Trinajstić information content (AvgIpc) is 3.61. The van der Waals surface area contributed by atoms with Crippen LogP contribution in [0, 0.1) is 17.8 Å². The van der Waals surface area contributed by atoms with Crippen molar-refractivity contribution in [3.05, 3.63) is 29.6 Å². The van der Waals surface area contributed by atoms with Crippen LogP contribution in [0.5, 0.6) is 0 Å². The fourth-order valence-electron chi connectivity index (χ4n) is 5.62. The lowest BCUT2D eigenvalue weighted by Crippen LogP contribution is -2.48. The number of pyridine rings is 1. The van der Waals surface area contributed by atoms with E-state index in [-0.39, 0.29) is 0 Å². The maximum Gasteiger partial charge on any atom is 0.126 e. The first-order valence-electron chi connectivity index (χ1n) is 11.4. The van der Waals surface area contributed by atoms with Gasteiger partial charge >= 0.3 is 0 Å². The third kappa shape index (κ3) is 2.83. The second-order valence-electron chi connectivity index (χ2n) is 10.1. The molecule has 2 aliphatic heterocycles. The van der Waals surface area contributed by atoms with E-state index in [1.807, 2.05) is 6.20 Å². The van der Waals surface area contributed by atoms with Gasteiger partial charge in [0, 0.05) is 43.0 Å². The van der Waals surface area contributed by atoms with E-state index in [0.29, 0.717) is 23.7 Å². The molecule has 2 saturated heterocycles. The maximum absolute atomic E-state index is 6.14. The van der Waals surface area contributed by atoms with E-state index < -0.39 is 0 Å². The summed E-state index contributed by atoms with van der Waals surface area (Å²) in [7, 11) is 0. The van der Waals surface area contributed by atoms with Crippen LogP contribution in [-0.4, -0.2) is 52.0 Å². The molecule has 6 nitrogen and oxygen atoms in total. The summed E-state index contributed by atoms with van der Waals surface area (Å²) in [4.78, 5) is 7.16. The first kappa shape index (κ1) is 16.8. The number of piperidine rings is 1. The van der Waals surface area contributed by atoms with Crippen molar-refractivity contribution in [2.45, 2.75) is 50.1 Å². The molecule has 5 aliphatic rings. The first-order chi connectivity index (χ1) is 14.2. The zero-order valence-corrected chi connectivity index (χ0v) is 16.8. The Balaban J connectivity index is 1.18. The molecule has 0 spiro atoms. The second kappa shape index (κ2) is 6.05. The molecule has 3 atom stereocenters. The molecule has 3 aliphatic carbocycles. The van der Waals surface area contributed by atoms with Crippen molar-refractivity contribution in [3.8, 4) is 11.3 Å². The predicted octanol–water partition coefficient (Wildman–Crippen LogP) is 2.86. The Hall–Kier alpha value is -1.92. The largest absolute Gasteiger partial charge is 0.383 e. The highest BCUT2D eigenvalue weighted by atomic mass is 16.5. The Morgan fingerprint density at radius 2 is 1.86 bits per heavy atom. The monoisotopic (exact) mass is 391 g/mol. The van der Waals surface area contributed by atoms with E-state index in [4.69, 9.17) is 15.6 Å². The van der Waals surface area contributed by atoms with Gasteiger partial charge in [0.2, 0.25) is 0 Å². The van der Waals surface area contributed by atoms with Gasteiger partial charge in [0.05, 0.1) is 24.9 Å². The molecule has 3 saturated carbocycles. The summed E-state index contributed by atoms with van der Waals surface area (Å²) in [5, 5.41) is 5.08. The van der Waals surface area contributed by atoms with Crippen LogP contribution < -0.4 is 5.73 Å². The molecule has 2 aromatic heterocycles. The number of aromatic nitrogens is 3. The summed E-state index contributed by atoms with van der Waals surface area (Å²) in [6.07, 6.45) is 7.12. The highest BCUT2D eigenvalue weighted by molar-refractivity contribution is 5.63. The Bertz CT molecular complexity index is 946. The fraction of sp³-hybridized carbons (Fsp3) is 0.652. The third-order valence-electron chi connectivity index (χ3n) is 7.90. The molecule has 4 heterocycles. The molecular weight excluding hydrogens is 362 g/mol. The summed E-state index contributed by atoms with van der Waals surface area (Å²) in [6.45, 7) is 5.43. The van der Waals surface area contributed by atoms with Crippen LogP contribution in [0.2, 0.25) is 0 Å². The molecule has 6 heteroatoms. The van der Waals surface area contributed by atoms with Crippen LogP contribution in [0.25, 0.3) is 11.3 Å². The van der Waals surface area contributed by atoms with Crippen molar-refractivity contribution < 1.29 is 4.74 Å². The number of likely N-dealkylation sites (tertiary alicyclic amines) is 1. The molecule has 152 valence electrons. The van der Waals surface area contributed by atoms with Crippen LogP contribution in [0.4, 0.5) is 5.82 Å². The van der Waals surface area contributed by atoms with E-state index in [2.05, 4.69) is 26.7 Å². The van der Waals surface area contributed by atoms with Crippen LogP contribution in [0.15, 0.2) is 18.3 Å². The number of anilines is 1. The Labute approximate surface area is 171 Å². The highest BCUT2D eigenvalue weighted by Gasteiger charge is 2.58. The molecule has 2 N–H and O–H groups in total. The van der Waals surface area contributed by atoms with Gasteiger partial charge < -0.3 is 10.5 Å². The molecule has 0 unspecified atom stereocenters. The maximum atomic E-state index is 6.14. The van der Waals surface area contributed by atoms with Gasteiger partial charge in [-0.15, -0.1) is 0 Å². The Morgan fingerprint density at radius 1 is 1.07 bits per heavy atom. The lowest BCUT2D eigenvalue weighted by Gasteiger charge is -2.35. The molecule has 7 rings (SSSR count). The first-order valence-corrected chi connectivity index (χ1v) is 11.4. The minimum Gasteiger partial charge on any atom is -0.383 e. The number of rotatable bonds is 6. The molecule has 2 aromatic rings. The van der Waals surface area contributed by atoms with Crippen LogP contribution >= 0.6 is 0 Å². The topological polar surface area (TPSA) is 69.2 Å². The standard InChI is InChI=1S/C23H29N5O/c24-23-17(14-3-4-14)5-15(7-25-23)20-6-21(28(26-20)8-13-1-2-13)22-18-9-27(10-19(18)22)16-11-29-12-16/h5-7,13-14,16,18-19,22H,1-4,8-12H2,(H2,24,25)/t18-,19+,22+. The highest BCUT2D eigenvalue weighted by Crippen LogP contribution is 2.59.